The van der Waals surface area contributed by atoms with Gasteiger partial charge in [0.2, 0.25) is 10.0 Å². The van der Waals surface area contributed by atoms with E-state index < -0.39 is 15.9 Å². The summed E-state index contributed by atoms with van der Waals surface area (Å²) in [5.74, 6) is 0.344. The van der Waals surface area contributed by atoms with Gasteiger partial charge in [-0.1, -0.05) is 0 Å². The van der Waals surface area contributed by atoms with Gasteiger partial charge in [-0.15, -0.1) is 0 Å². The van der Waals surface area contributed by atoms with Crippen molar-refractivity contribution >= 4 is 21.6 Å². The molecular formula is C24H23FN2O6S. The maximum atomic E-state index is 13.1. The topological polar surface area (TPSA) is 94.2 Å². The molecular weight excluding hydrogens is 463 g/mol. The van der Waals surface area contributed by atoms with Crippen LogP contribution in [0.1, 0.15) is 10.4 Å². The summed E-state index contributed by atoms with van der Waals surface area (Å²) in [5, 5.41) is 2.72. The van der Waals surface area contributed by atoms with Gasteiger partial charge in [0.25, 0.3) is 5.91 Å². The first kappa shape index (κ1) is 23.7. The summed E-state index contributed by atoms with van der Waals surface area (Å²) in [4.78, 5) is 12.7. The zero-order valence-electron chi connectivity index (χ0n) is 18.4. The van der Waals surface area contributed by atoms with Crippen LogP contribution in [0, 0.1) is 5.82 Å². The van der Waals surface area contributed by atoms with Gasteiger partial charge >= 0.3 is 0 Å². The molecule has 1 aliphatic heterocycles. The number of sulfonamides is 1. The van der Waals surface area contributed by atoms with Crippen molar-refractivity contribution in [3.05, 3.63) is 78.1 Å². The van der Waals surface area contributed by atoms with Crippen molar-refractivity contribution in [2.75, 3.05) is 38.7 Å². The summed E-state index contributed by atoms with van der Waals surface area (Å²) in [6.07, 6.45) is 0. The molecule has 0 aromatic heterocycles. The van der Waals surface area contributed by atoms with E-state index in [4.69, 9.17) is 14.2 Å². The van der Waals surface area contributed by atoms with Gasteiger partial charge in [0.1, 0.15) is 28.0 Å². The van der Waals surface area contributed by atoms with Crippen LogP contribution >= 0.6 is 0 Å². The molecule has 10 heteroatoms. The predicted molar refractivity (Wildman–Crippen MR) is 123 cm³/mol. The van der Waals surface area contributed by atoms with Crippen molar-refractivity contribution in [3.63, 3.8) is 0 Å². The number of carbonyl (C=O) groups is 1. The standard InChI is InChI=1S/C24H23FN2O6S/c1-31-22-11-6-19(16-23(22)34(29,30)27-12-14-32-15-13-27)26-24(28)17-2-7-20(8-3-17)33-21-9-4-18(25)5-10-21/h2-11,16H,12-15H2,1H3,(H,26,28). The fraction of sp³-hybridized carbons (Fsp3) is 0.208. The smallest absolute Gasteiger partial charge is 0.255 e. The lowest BCUT2D eigenvalue weighted by Gasteiger charge is -2.26. The number of rotatable bonds is 7. The van der Waals surface area contributed by atoms with E-state index in [1.165, 1.54) is 47.8 Å². The molecule has 0 aliphatic carbocycles. The SMILES string of the molecule is COc1ccc(NC(=O)c2ccc(Oc3ccc(F)cc3)cc2)cc1S(=O)(=O)N1CCOCC1. The number of nitrogens with zero attached hydrogens (tertiary/aromatic N) is 1. The third kappa shape index (κ3) is 5.36. The number of amides is 1. The summed E-state index contributed by atoms with van der Waals surface area (Å²) in [6.45, 7) is 1.13. The first-order chi connectivity index (χ1) is 16.4. The molecule has 1 saturated heterocycles. The molecule has 1 heterocycles. The monoisotopic (exact) mass is 486 g/mol. The zero-order valence-corrected chi connectivity index (χ0v) is 19.2. The van der Waals surface area contributed by atoms with Gasteiger partial charge in [-0.05, 0) is 66.7 Å². The number of methoxy groups -OCH3 is 1. The molecule has 3 aromatic carbocycles. The van der Waals surface area contributed by atoms with Crippen LogP contribution in [0.25, 0.3) is 0 Å². The van der Waals surface area contributed by atoms with Crippen molar-refractivity contribution in [1.29, 1.82) is 0 Å². The Balaban J connectivity index is 1.49. The maximum Gasteiger partial charge on any atom is 0.255 e. The second-order valence-electron chi connectivity index (χ2n) is 7.42. The van der Waals surface area contributed by atoms with Crippen LogP contribution in [0.4, 0.5) is 10.1 Å². The van der Waals surface area contributed by atoms with E-state index in [0.29, 0.717) is 36.0 Å². The highest BCUT2D eigenvalue weighted by Crippen LogP contribution is 2.30. The summed E-state index contributed by atoms with van der Waals surface area (Å²) >= 11 is 0. The predicted octanol–water partition coefficient (Wildman–Crippen LogP) is 3.90. The Bertz CT molecular complexity index is 1260. The van der Waals surface area contributed by atoms with E-state index in [2.05, 4.69) is 5.32 Å². The minimum absolute atomic E-state index is 0.0299. The molecule has 0 spiro atoms. The number of hydrogen-bond acceptors (Lipinski definition) is 6. The van der Waals surface area contributed by atoms with Crippen LogP contribution in [0.2, 0.25) is 0 Å². The van der Waals surface area contributed by atoms with Crippen LogP contribution in [0.5, 0.6) is 17.2 Å². The van der Waals surface area contributed by atoms with Gasteiger partial charge in [-0.3, -0.25) is 4.79 Å². The van der Waals surface area contributed by atoms with Crippen molar-refractivity contribution in [2.24, 2.45) is 0 Å². The van der Waals surface area contributed by atoms with Crippen LogP contribution in [0.15, 0.2) is 71.6 Å². The lowest BCUT2D eigenvalue weighted by molar-refractivity contribution is 0.0729. The lowest BCUT2D eigenvalue weighted by atomic mass is 10.2. The molecule has 4 rings (SSSR count). The Morgan fingerprint density at radius 1 is 0.971 bits per heavy atom. The molecule has 8 nitrogen and oxygen atoms in total. The quantitative estimate of drug-likeness (QED) is 0.545. The van der Waals surface area contributed by atoms with Gasteiger partial charge in [0.15, 0.2) is 0 Å². The first-order valence-corrected chi connectivity index (χ1v) is 11.9. The Kier molecular flexibility index (Phi) is 7.11. The number of halogens is 1. The zero-order chi connectivity index (χ0) is 24.1. The highest BCUT2D eigenvalue weighted by atomic mass is 32.2. The molecule has 34 heavy (non-hydrogen) atoms. The van der Waals surface area contributed by atoms with Gasteiger partial charge in [-0.2, -0.15) is 4.31 Å². The maximum absolute atomic E-state index is 13.1. The number of anilines is 1. The van der Waals surface area contributed by atoms with Gasteiger partial charge in [-0.25, -0.2) is 12.8 Å². The van der Waals surface area contributed by atoms with Crippen molar-refractivity contribution < 1.29 is 31.8 Å². The third-order valence-electron chi connectivity index (χ3n) is 5.18. The Morgan fingerprint density at radius 2 is 1.59 bits per heavy atom. The van der Waals surface area contributed by atoms with Crippen molar-refractivity contribution in [3.8, 4) is 17.2 Å². The fourth-order valence-corrected chi connectivity index (χ4v) is 4.99. The van der Waals surface area contributed by atoms with E-state index in [1.54, 1.807) is 30.3 Å². The molecule has 0 radical (unpaired) electrons. The minimum Gasteiger partial charge on any atom is -0.495 e. The molecule has 1 amide bonds. The van der Waals surface area contributed by atoms with Crippen molar-refractivity contribution in [1.82, 2.24) is 4.31 Å². The summed E-state index contributed by atoms with van der Waals surface area (Å²) in [5.41, 5.74) is 0.657. The second kappa shape index (κ2) is 10.2. The van der Waals surface area contributed by atoms with Crippen molar-refractivity contribution in [2.45, 2.75) is 4.90 Å². The number of nitrogens with one attached hydrogen (secondary N) is 1. The Labute approximate surface area is 196 Å². The number of carbonyl (C=O) groups excluding carboxylic acids is 1. The van der Waals surface area contributed by atoms with E-state index in [1.807, 2.05) is 0 Å². The lowest BCUT2D eigenvalue weighted by Crippen LogP contribution is -2.40. The van der Waals surface area contributed by atoms with E-state index in [9.17, 15) is 17.6 Å². The minimum atomic E-state index is -3.83. The average Bonchev–Trinajstić information content (AvgIpc) is 2.86. The van der Waals surface area contributed by atoms with E-state index in [0.717, 1.165) is 0 Å². The molecule has 0 saturated carbocycles. The summed E-state index contributed by atoms with van der Waals surface area (Å²) in [6, 6.07) is 16.4. The Morgan fingerprint density at radius 3 is 2.21 bits per heavy atom. The third-order valence-corrected chi connectivity index (χ3v) is 7.10. The highest BCUT2D eigenvalue weighted by molar-refractivity contribution is 7.89. The molecule has 1 N–H and O–H groups in total. The van der Waals surface area contributed by atoms with Gasteiger partial charge in [0.05, 0.1) is 20.3 Å². The second-order valence-corrected chi connectivity index (χ2v) is 9.32. The average molecular weight is 487 g/mol. The molecule has 0 unspecified atom stereocenters. The molecule has 0 atom stereocenters. The normalized spacial score (nSPS) is 14.4. The summed E-state index contributed by atoms with van der Waals surface area (Å²) in [7, 11) is -2.44. The fourth-order valence-electron chi connectivity index (χ4n) is 3.40. The van der Waals surface area contributed by atoms with E-state index in [-0.39, 0.29) is 29.6 Å². The molecule has 0 bridgehead atoms. The van der Waals surface area contributed by atoms with Crippen LogP contribution < -0.4 is 14.8 Å². The van der Waals surface area contributed by atoms with Crippen LogP contribution in [0.3, 0.4) is 0 Å². The van der Waals surface area contributed by atoms with E-state index >= 15 is 0 Å². The summed E-state index contributed by atoms with van der Waals surface area (Å²) < 4.78 is 56.7. The number of ether oxygens (including phenoxy) is 3. The first-order valence-electron chi connectivity index (χ1n) is 10.5. The number of hydrogen-bond donors (Lipinski definition) is 1. The number of benzene rings is 3. The van der Waals surface area contributed by atoms with Crippen LogP contribution in [-0.4, -0.2) is 52.0 Å². The Hall–Kier alpha value is -3.47. The highest BCUT2D eigenvalue weighted by Gasteiger charge is 2.29. The molecule has 1 fully saturated rings. The van der Waals surface area contributed by atoms with Gasteiger partial charge < -0.3 is 19.5 Å². The molecule has 3 aromatic rings. The molecule has 178 valence electrons. The van der Waals surface area contributed by atoms with Gasteiger partial charge in [0, 0.05) is 24.3 Å². The van der Waals surface area contributed by atoms with Crippen LogP contribution in [-0.2, 0) is 14.8 Å². The number of morpholine rings is 1. The molecule has 1 aliphatic rings. The largest absolute Gasteiger partial charge is 0.495 e.